The first-order valence-electron chi connectivity index (χ1n) is 13.1. The number of fused-ring (bicyclic) bond motifs is 1. The van der Waals surface area contributed by atoms with E-state index in [-0.39, 0.29) is 16.8 Å². The third-order valence-corrected chi connectivity index (χ3v) is 9.21. The number of aliphatic hydroxyl groups excluding tert-OH is 1. The molecule has 17 heteroatoms. The van der Waals surface area contributed by atoms with Crippen molar-refractivity contribution in [1.82, 2.24) is 9.99 Å². The van der Waals surface area contributed by atoms with Gasteiger partial charge in [-0.05, 0) is 55.5 Å². The van der Waals surface area contributed by atoms with Crippen molar-refractivity contribution >= 4 is 46.9 Å². The lowest BCUT2D eigenvalue weighted by molar-refractivity contribution is -0.242. The number of aliphatic hydroxyl groups is 1. The average molecular weight is 667 g/mol. The fourth-order valence-electron chi connectivity index (χ4n) is 4.44. The maximum absolute atomic E-state index is 15.5. The standard InChI is InChI=1S/C27H28F5N2O8PS/c1-14(2)40-24(38)15(3)33-43(44,42-18-9-8-16-6-4-5-7-17(16)10-18)39-13-26(25(29)30)27(31,32)22(37)23(41-26)34-12-19(28)20(35)11-21(34)36/h4-10,12,14-15,22-23,25,37H,11,13H2,1-3H3,(H,33,44)/t15-,22-,23+,26-,43?/m0/s1. The van der Waals surface area contributed by atoms with E-state index in [0.29, 0.717) is 5.39 Å². The molecule has 0 aromatic heterocycles. The molecule has 1 unspecified atom stereocenters. The normalized spacial score (nSPS) is 25.7. The van der Waals surface area contributed by atoms with Gasteiger partial charge in [-0.25, -0.2) is 18.3 Å². The van der Waals surface area contributed by atoms with Gasteiger partial charge in [0.25, 0.3) is 6.43 Å². The van der Waals surface area contributed by atoms with Crippen LogP contribution in [0.4, 0.5) is 22.0 Å². The molecule has 5 atom stereocenters. The van der Waals surface area contributed by atoms with Crippen LogP contribution in [0, 0.1) is 0 Å². The van der Waals surface area contributed by atoms with Crippen molar-refractivity contribution in [1.29, 1.82) is 0 Å². The Labute approximate surface area is 253 Å². The number of ketones is 1. The fraction of sp³-hybridized carbons (Fsp3) is 0.444. The molecule has 10 nitrogen and oxygen atoms in total. The summed E-state index contributed by atoms with van der Waals surface area (Å²) < 4.78 is 95.4. The third kappa shape index (κ3) is 6.65. The van der Waals surface area contributed by atoms with E-state index >= 15 is 8.78 Å². The molecule has 4 rings (SSSR count). The molecule has 2 aliphatic rings. The number of carbonyl (C=O) groups excluding carboxylic acids is 3. The summed E-state index contributed by atoms with van der Waals surface area (Å²) in [7, 11) is 0. The van der Waals surface area contributed by atoms with Crippen molar-refractivity contribution < 1.29 is 60.0 Å². The van der Waals surface area contributed by atoms with E-state index in [1.807, 2.05) is 0 Å². The van der Waals surface area contributed by atoms with Gasteiger partial charge in [0.2, 0.25) is 17.3 Å². The number of nitrogens with zero attached hydrogens (tertiary/aromatic N) is 1. The highest BCUT2D eigenvalue weighted by molar-refractivity contribution is 8.09. The van der Waals surface area contributed by atoms with Crippen LogP contribution in [-0.4, -0.2) is 76.7 Å². The van der Waals surface area contributed by atoms with E-state index in [2.05, 4.69) is 5.09 Å². The summed E-state index contributed by atoms with van der Waals surface area (Å²) >= 11 is 5.47. The number of hydrogen-bond acceptors (Lipinski definition) is 9. The Morgan fingerprint density at radius 1 is 1.18 bits per heavy atom. The SMILES string of the molecule is CC(C)OC(=O)[C@H](C)NP(=S)(OC[C@@]1(C(F)F)O[C@@H](N2C=C(F)C(=O)CC2=O)[C@H](O)C1(F)F)Oc1ccc2ccccc2c1. The summed E-state index contributed by atoms with van der Waals surface area (Å²) in [5.41, 5.74) is -3.94. The lowest BCUT2D eigenvalue weighted by Gasteiger charge is -2.35. The molecule has 240 valence electrons. The molecule has 0 radical (unpaired) electrons. The number of hydrogen-bond donors (Lipinski definition) is 2. The van der Waals surface area contributed by atoms with Crippen LogP contribution in [0.5, 0.6) is 5.75 Å². The van der Waals surface area contributed by atoms with Gasteiger partial charge < -0.3 is 23.6 Å². The summed E-state index contributed by atoms with van der Waals surface area (Å²) in [6, 6.07) is 10.4. The minimum atomic E-state index is -4.82. The molecule has 0 aliphatic carbocycles. The fourth-order valence-corrected chi connectivity index (χ4v) is 6.84. The monoisotopic (exact) mass is 666 g/mol. The van der Waals surface area contributed by atoms with Gasteiger partial charge in [-0.2, -0.15) is 8.78 Å². The second kappa shape index (κ2) is 12.8. The highest BCUT2D eigenvalue weighted by atomic mass is 32.5. The molecule has 0 bridgehead atoms. The Kier molecular flexibility index (Phi) is 9.83. The van der Waals surface area contributed by atoms with Crippen LogP contribution in [0.1, 0.15) is 27.2 Å². The van der Waals surface area contributed by atoms with E-state index in [1.54, 1.807) is 44.2 Å². The van der Waals surface area contributed by atoms with Gasteiger partial charge in [0.1, 0.15) is 11.8 Å². The number of halogens is 5. The lowest BCUT2D eigenvalue weighted by Crippen LogP contribution is -2.57. The van der Waals surface area contributed by atoms with Gasteiger partial charge in [0, 0.05) is 6.20 Å². The van der Waals surface area contributed by atoms with Crippen LogP contribution in [0.15, 0.2) is 54.5 Å². The van der Waals surface area contributed by atoms with E-state index < -0.39 is 85.6 Å². The number of amides is 1. The molecule has 2 N–H and O–H groups in total. The van der Waals surface area contributed by atoms with E-state index in [1.165, 1.54) is 19.1 Å². The minimum Gasteiger partial charge on any atom is -0.462 e. The first-order valence-corrected chi connectivity index (χ1v) is 15.8. The summed E-state index contributed by atoms with van der Waals surface area (Å²) in [6.07, 6.45) is -11.2. The highest BCUT2D eigenvalue weighted by Gasteiger charge is 2.74. The molecule has 1 amide bonds. The second-order valence-electron chi connectivity index (χ2n) is 10.4. The lowest BCUT2D eigenvalue weighted by atomic mass is 9.95. The van der Waals surface area contributed by atoms with Crippen molar-refractivity contribution in [2.45, 2.75) is 69.6 Å². The molecular weight excluding hydrogens is 638 g/mol. The molecule has 0 saturated carbocycles. The van der Waals surface area contributed by atoms with Crippen LogP contribution in [-0.2, 0) is 40.2 Å². The van der Waals surface area contributed by atoms with Gasteiger partial charge in [-0.1, -0.05) is 30.3 Å². The largest absolute Gasteiger partial charge is 0.462 e. The number of allylic oxidation sites excluding steroid dienone is 1. The predicted octanol–water partition coefficient (Wildman–Crippen LogP) is 4.36. The van der Waals surface area contributed by atoms with Gasteiger partial charge in [0.05, 0.1) is 19.1 Å². The van der Waals surface area contributed by atoms with Crippen LogP contribution in [0.3, 0.4) is 0 Å². The Hall–Kier alpha value is -3.01. The molecule has 44 heavy (non-hydrogen) atoms. The Bertz CT molecular complexity index is 1530. The average Bonchev–Trinajstić information content (AvgIpc) is 3.14. The van der Waals surface area contributed by atoms with Gasteiger partial charge in [-0.3, -0.25) is 19.3 Å². The quantitative estimate of drug-likeness (QED) is 0.155. The number of carbonyl (C=O) groups is 3. The third-order valence-electron chi connectivity index (χ3n) is 6.73. The number of ether oxygens (including phenoxy) is 2. The van der Waals surface area contributed by atoms with E-state index in [4.69, 9.17) is 30.3 Å². The van der Waals surface area contributed by atoms with Crippen LogP contribution < -0.4 is 9.61 Å². The molecule has 2 heterocycles. The number of rotatable bonds is 11. The number of esters is 1. The number of Topliss-reactive ketones (excluding diaryl/α,β-unsaturated/α-hetero) is 1. The van der Waals surface area contributed by atoms with E-state index in [9.17, 15) is 32.7 Å². The van der Waals surface area contributed by atoms with Crippen LogP contribution in [0.25, 0.3) is 10.8 Å². The zero-order valence-corrected chi connectivity index (χ0v) is 25.1. The first-order chi connectivity index (χ1) is 20.5. The number of nitrogens with one attached hydrogen (secondary N) is 1. The summed E-state index contributed by atoms with van der Waals surface area (Å²) in [4.78, 5) is 36.4. The second-order valence-corrected chi connectivity index (χ2v) is 13.5. The topological polar surface area (TPSA) is 124 Å². The molecule has 2 aromatic carbocycles. The Morgan fingerprint density at radius 2 is 1.84 bits per heavy atom. The van der Waals surface area contributed by atoms with Crippen molar-refractivity contribution in [2.24, 2.45) is 0 Å². The minimum absolute atomic E-state index is 0.0382. The highest BCUT2D eigenvalue weighted by Crippen LogP contribution is 2.53. The molecule has 2 aliphatic heterocycles. The van der Waals surface area contributed by atoms with Crippen molar-refractivity contribution in [3.8, 4) is 5.75 Å². The number of benzene rings is 2. The van der Waals surface area contributed by atoms with Gasteiger partial charge in [0.15, 0.2) is 18.2 Å². The number of alkyl halides is 4. The smallest absolute Gasteiger partial charge is 0.323 e. The zero-order chi connectivity index (χ0) is 32.6. The molecule has 1 fully saturated rings. The van der Waals surface area contributed by atoms with Crippen molar-refractivity contribution in [3.05, 3.63) is 54.5 Å². The van der Waals surface area contributed by atoms with Crippen molar-refractivity contribution in [3.63, 3.8) is 0 Å². The first kappa shape index (κ1) is 33.9. The molecule has 1 saturated heterocycles. The maximum Gasteiger partial charge on any atom is 0.323 e. The van der Waals surface area contributed by atoms with Gasteiger partial charge >= 0.3 is 18.5 Å². The predicted molar refractivity (Wildman–Crippen MR) is 149 cm³/mol. The molecular formula is C27H28F5N2O8PS. The zero-order valence-electron chi connectivity index (χ0n) is 23.4. The summed E-state index contributed by atoms with van der Waals surface area (Å²) in [5.74, 6) is -9.68. The van der Waals surface area contributed by atoms with Crippen molar-refractivity contribution in [2.75, 3.05) is 6.61 Å². The van der Waals surface area contributed by atoms with Crippen LogP contribution in [0.2, 0.25) is 0 Å². The molecule has 2 aromatic rings. The maximum atomic E-state index is 15.5. The Morgan fingerprint density at radius 3 is 2.48 bits per heavy atom. The Balaban J connectivity index is 1.67. The van der Waals surface area contributed by atoms with Gasteiger partial charge in [-0.15, -0.1) is 0 Å². The van der Waals surface area contributed by atoms with Crippen LogP contribution >= 0.6 is 6.64 Å². The summed E-state index contributed by atoms with van der Waals surface area (Å²) in [5, 5.41) is 14.4. The van der Waals surface area contributed by atoms with E-state index in [0.717, 1.165) is 5.39 Å². The summed E-state index contributed by atoms with van der Waals surface area (Å²) in [6.45, 7) is -1.49. The molecule has 0 spiro atoms.